The molecule has 0 atom stereocenters. The Morgan fingerprint density at radius 1 is 0.973 bits per heavy atom. The summed E-state index contributed by atoms with van der Waals surface area (Å²) in [5, 5.41) is 0. The van der Waals surface area contributed by atoms with E-state index in [2.05, 4.69) is 88.9 Å². The van der Waals surface area contributed by atoms with Crippen LogP contribution in [0.2, 0.25) is 0 Å². The summed E-state index contributed by atoms with van der Waals surface area (Å²) in [6.07, 6.45) is 15.5. The van der Waals surface area contributed by atoms with Crippen LogP contribution in [0.3, 0.4) is 0 Å². The molecule has 0 bridgehead atoms. The van der Waals surface area contributed by atoms with Crippen LogP contribution in [0.1, 0.15) is 82.4 Å². The molecule has 0 aliphatic heterocycles. The summed E-state index contributed by atoms with van der Waals surface area (Å²) >= 11 is 0. The summed E-state index contributed by atoms with van der Waals surface area (Å²) in [5.41, 5.74) is 13.0. The average molecular weight is 500 g/mol. The van der Waals surface area contributed by atoms with Crippen LogP contribution in [0.25, 0.3) is 6.08 Å². The number of nitrogen functional groups attached to an aromatic ring is 1. The lowest BCUT2D eigenvalue weighted by Crippen LogP contribution is -2.39. The predicted octanol–water partition coefficient (Wildman–Crippen LogP) is 9.69. The summed E-state index contributed by atoms with van der Waals surface area (Å²) in [7, 11) is 0. The first-order valence-corrected chi connectivity index (χ1v) is 13.7. The van der Waals surface area contributed by atoms with Gasteiger partial charge in [-0.15, -0.1) is 26.3 Å². The molecular weight excluding hydrogens is 450 g/mol. The monoisotopic (exact) mass is 499 g/mol. The first-order chi connectivity index (χ1) is 18.0. The summed E-state index contributed by atoms with van der Waals surface area (Å²) < 4.78 is 0. The Morgan fingerprint density at radius 2 is 1.62 bits per heavy atom. The molecule has 0 aromatic heterocycles. The van der Waals surface area contributed by atoms with Crippen LogP contribution in [0.15, 0.2) is 92.1 Å². The van der Waals surface area contributed by atoms with Crippen LogP contribution in [0.4, 0.5) is 11.4 Å². The van der Waals surface area contributed by atoms with E-state index in [-0.39, 0.29) is 0 Å². The fourth-order valence-corrected chi connectivity index (χ4v) is 4.75. The zero-order valence-electron chi connectivity index (χ0n) is 23.6. The molecule has 2 aliphatic carbocycles. The maximum atomic E-state index is 5.73. The molecule has 0 radical (unpaired) electrons. The van der Waals surface area contributed by atoms with E-state index < -0.39 is 0 Å². The number of hydrogen-bond acceptors (Lipinski definition) is 2. The van der Waals surface area contributed by atoms with Gasteiger partial charge in [-0.3, -0.25) is 0 Å². The van der Waals surface area contributed by atoms with Gasteiger partial charge in [-0.1, -0.05) is 70.0 Å². The molecule has 0 unspecified atom stereocenters. The molecule has 4 rings (SSSR count). The second kappa shape index (κ2) is 18.0. The second-order valence-electron chi connectivity index (χ2n) is 9.16. The van der Waals surface area contributed by atoms with Crippen LogP contribution >= 0.6 is 0 Å². The van der Waals surface area contributed by atoms with Crippen LogP contribution in [0.5, 0.6) is 0 Å². The molecule has 1 saturated carbocycles. The number of anilines is 1. The van der Waals surface area contributed by atoms with Gasteiger partial charge in [0, 0.05) is 17.4 Å². The number of hydrogen-bond donors (Lipinski definition) is 1. The minimum absolute atomic E-state index is 0.559. The molecule has 3 nitrogen and oxygen atoms in total. The van der Waals surface area contributed by atoms with Gasteiger partial charge >= 0.3 is 0 Å². The smallest absolute Gasteiger partial charge is 0.106 e. The standard InChI is InChI=1S/C18H27N3.C12H14.2C2H4/c1-4-14(2)21(18-8-6-5-7-9-18)15(3)20-17-12-10-16(19)11-13-17;1-2-10-7-8-11-5-3-4-6-12(11)9-10;2*1-2/h10-13,18H,2,4-9,19H2,1,3H3;4,6-9H,2-3,5H2,1H3;2*1-2H2. The molecule has 2 aliphatic rings. The Balaban J connectivity index is 0.000000361. The Hall–Kier alpha value is -3.33. The zero-order chi connectivity index (χ0) is 27.6. The number of amidine groups is 1. The SMILES string of the molecule is C=C.C=C.C=C(CC)N(C(C)=Nc1ccc(N)cc1)C1CCCCC1.CCc1ccc2c(c1)C=CCC2. The van der Waals surface area contributed by atoms with Crippen molar-refractivity contribution in [3.8, 4) is 0 Å². The molecule has 37 heavy (non-hydrogen) atoms. The van der Waals surface area contributed by atoms with Gasteiger partial charge in [0.25, 0.3) is 0 Å². The molecule has 0 amide bonds. The van der Waals surface area contributed by atoms with Crippen molar-refractivity contribution in [1.29, 1.82) is 0 Å². The third-order valence-corrected chi connectivity index (χ3v) is 6.72. The molecule has 2 aromatic rings. The maximum Gasteiger partial charge on any atom is 0.106 e. The predicted molar refractivity (Wildman–Crippen MR) is 167 cm³/mol. The Kier molecular flexibility index (Phi) is 15.4. The van der Waals surface area contributed by atoms with Crippen molar-refractivity contribution in [3.05, 3.63) is 104 Å². The van der Waals surface area contributed by atoms with E-state index >= 15 is 0 Å². The number of fused-ring (bicyclic) bond motifs is 1. The highest BCUT2D eigenvalue weighted by atomic mass is 15.2. The number of nitrogens with two attached hydrogens (primary N) is 1. The van der Waals surface area contributed by atoms with Gasteiger partial charge in [-0.05, 0) is 86.4 Å². The van der Waals surface area contributed by atoms with E-state index in [1.54, 1.807) is 0 Å². The normalized spacial score (nSPS) is 14.4. The number of benzene rings is 2. The van der Waals surface area contributed by atoms with Crippen molar-refractivity contribution < 1.29 is 0 Å². The number of allylic oxidation sites excluding steroid dienone is 2. The summed E-state index contributed by atoms with van der Waals surface area (Å²) in [4.78, 5) is 7.13. The van der Waals surface area contributed by atoms with E-state index in [9.17, 15) is 0 Å². The molecule has 3 heteroatoms. The highest BCUT2D eigenvalue weighted by Gasteiger charge is 2.23. The third-order valence-electron chi connectivity index (χ3n) is 6.72. The molecule has 1 fully saturated rings. The first-order valence-electron chi connectivity index (χ1n) is 13.7. The Morgan fingerprint density at radius 3 is 2.22 bits per heavy atom. The number of nitrogens with zero attached hydrogens (tertiary/aromatic N) is 2. The lowest BCUT2D eigenvalue weighted by Gasteiger charge is -2.36. The van der Waals surface area contributed by atoms with Crippen molar-refractivity contribution in [2.45, 2.75) is 84.6 Å². The molecule has 200 valence electrons. The molecule has 2 N–H and O–H groups in total. The lowest BCUT2D eigenvalue weighted by molar-refractivity contribution is 0.279. The molecule has 0 saturated heterocycles. The number of aryl methyl sites for hydroxylation is 2. The molecule has 2 aromatic carbocycles. The van der Waals surface area contributed by atoms with E-state index in [1.807, 2.05) is 24.3 Å². The lowest BCUT2D eigenvalue weighted by atomic mass is 9.93. The Bertz CT molecular complexity index is 992. The summed E-state index contributed by atoms with van der Waals surface area (Å²) in [5.74, 6) is 1.04. The molecule has 0 spiro atoms. The van der Waals surface area contributed by atoms with Crippen molar-refractivity contribution in [1.82, 2.24) is 4.90 Å². The fourth-order valence-electron chi connectivity index (χ4n) is 4.75. The maximum absolute atomic E-state index is 5.73. The van der Waals surface area contributed by atoms with Crippen molar-refractivity contribution >= 4 is 23.3 Å². The molecular formula is C34H49N3. The minimum Gasteiger partial charge on any atom is -0.399 e. The summed E-state index contributed by atoms with van der Waals surface area (Å²) in [6.45, 7) is 22.7. The van der Waals surface area contributed by atoms with E-state index in [0.717, 1.165) is 30.1 Å². The quantitative estimate of drug-likeness (QED) is 0.192. The van der Waals surface area contributed by atoms with Gasteiger partial charge in [0.2, 0.25) is 0 Å². The van der Waals surface area contributed by atoms with Crippen molar-refractivity contribution in [3.63, 3.8) is 0 Å². The Labute approximate surface area is 227 Å². The zero-order valence-corrected chi connectivity index (χ0v) is 23.6. The van der Waals surface area contributed by atoms with Crippen molar-refractivity contribution in [2.24, 2.45) is 4.99 Å². The van der Waals surface area contributed by atoms with Gasteiger partial charge in [-0.25, -0.2) is 4.99 Å². The van der Waals surface area contributed by atoms with Gasteiger partial charge in [-0.2, -0.15) is 0 Å². The van der Waals surface area contributed by atoms with E-state index in [0.29, 0.717) is 6.04 Å². The first kappa shape index (κ1) is 31.7. The van der Waals surface area contributed by atoms with Crippen LogP contribution < -0.4 is 5.73 Å². The third kappa shape index (κ3) is 10.3. The van der Waals surface area contributed by atoms with Crippen LogP contribution in [0, 0.1) is 0 Å². The highest BCUT2D eigenvalue weighted by Crippen LogP contribution is 2.27. The summed E-state index contributed by atoms with van der Waals surface area (Å²) in [6, 6.07) is 15.1. The number of rotatable bonds is 5. The van der Waals surface area contributed by atoms with Crippen LogP contribution in [-0.4, -0.2) is 16.8 Å². The number of aliphatic imine (C=N–C) groups is 1. The topological polar surface area (TPSA) is 41.6 Å². The van der Waals surface area contributed by atoms with E-state index in [4.69, 9.17) is 10.7 Å². The largest absolute Gasteiger partial charge is 0.399 e. The van der Waals surface area contributed by atoms with Gasteiger partial charge in [0.05, 0.1) is 5.69 Å². The van der Waals surface area contributed by atoms with E-state index in [1.165, 1.54) is 67.3 Å². The average Bonchev–Trinajstić information content (AvgIpc) is 2.97. The van der Waals surface area contributed by atoms with Gasteiger partial charge in [0.1, 0.15) is 5.84 Å². The highest BCUT2D eigenvalue weighted by molar-refractivity contribution is 5.84. The fraction of sp³-hybridized carbons (Fsp3) is 0.382. The van der Waals surface area contributed by atoms with Crippen LogP contribution in [-0.2, 0) is 12.8 Å². The molecule has 0 heterocycles. The van der Waals surface area contributed by atoms with Gasteiger partial charge < -0.3 is 10.6 Å². The minimum atomic E-state index is 0.559. The van der Waals surface area contributed by atoms with Crippen molar-refractivity contribution in [2.75, 3.05) is 5.73 Å². The van der Waals surface area contributed by atoms with Gasteiger partial charge in [0.15, 0.2) is 0 Å². The second-order valence-corrected chi connectivity index (χ2v) is 9.16.